The van der Waals surface area contributed by atoms with Crippen molar-refractivity contribution in [1.29, 1.82) is 0 Å². The Labute approximate surface area is 215 Å². The number of hydrogen-bond donors (Lipinski definition) is 1. The van der Waals surface area contributed by atoms with Crippen molar-refractivity contribution in [3.8, 4) is 11.4 Å². The predicted octanol–water partition coefficient (Wildman–Crippen LogP) is 6.51. The van der Waals surface area contributed by atoms with E-state index < -0.39 is 0 Å². The topological polar surface area (TPSA) is 42.3 Å². The monoisotopic (exact) mass is 498 g/mol. The summed E-state index contributed by atoms with van der Waals surface area (Å²) in [6.07, 6.45) is 8.66. The Balaban J connectivity index is 1.40. The molecule has 2 fully saturated rings. The molecular weight excluding hydrogens is 471 g/mol. The van der Waals surface area contributed by atoms with E-state index in [0.29, 0.717) is 16.9 Å². The molecule has 5 nitrogen and oxygen atoms in total. The van der Waals surface area contributed by atoms with Crippen molar-refractivity contribution in [2.75, 3.05) is 4.90 Å². The number of benzene rings is 2. The Morgan fingerprint density at radius 1 is 0.917 bits per heavy atom. The van der Waals surface area contributed by atoms with Crippen molar-refractivity contribution in [3.63, 3.8) is 0 Å². The Morgan fingerprint density at radius 2 is 1.69 bits per heavy atom. The third-order valence-corrected chi connectivity index (χ3v) is 7.33. The standard InChI is InChI=1S/C29H27FN4OS/c30-23-10-3-4-12-25(23)33-19-7-13-26(33)28-27(24-11-5-6-18-31-24)32-29(36)34(28)20-14-16-22(17-15-20)35-21-8-1-2-9-21/h3-7,10-19,21,27-28H,1-2,8-9H2,(H,32,36)/t27-,28-/m1/s1. The minimum absolute atomic E-state index is 0.214. The molecule has 2 aliphatic rings. The zero-order valence-corrected chi connectivity index (χ0v) is 20.6. The highest BCUT2D eigenvalue weighted by atomic mass is 32.1. The highest BCUT2D eigenvalue weighted by Crippen LogP contribution is 2.42. The van der Waals surface area contributed by atoms with E-state index in [-0.39, 0.29) is 17.9 Å². The van der Waals surface area contributed by atoms with Crippen LogP contribution in [-0.2, 0) is 0 Å². The third-order valence-electron chi connectivity index (χ3n) is 7.01. The van der Waals surface area contributed by atoms with Gasteiger partial charge in [0.05, 0.1) is 23.5 Å². The van der Waals surface area contributed by atoms with Gasteiger partial charge in [-0.3, -0.25) is 4.98 Å². The molecule has 0 spiro atoms. The normalized spacial score (nSPS) is 20.0. The van der Waals surface area contributed by atoms with Gasteiger partial charge in [0.25, 0.3) is 0 Å². The van der Waals surface area contributed by atoms with Crippen molar-refractivity contribution in [1.82, 2.24) is 14.9 Å². The quantitative estimate of drug-likeness (QED) is 0.307. The van der Waals surface area contributed by atoms with Crippen molar-refractivity contribution in [2.45, 2.75) is 43.9 Å². The lowest BCUT2D eigenvalue weighted by molar-refractivity contribution is 0.210. The van der Waals surface area contributed by atoms with Gasteiger partial charge in [-0.2, -0.15) is 0 Å². The van der Waals surface area contributed by atoms with E-state index in [9.17, 15) is 4.39 Å². The van der Waals surface area contributed by atoms with Gasteiger partial charge in [0.15, 0.2) is 5.11 Å². The summed E-state index contributed by atoms with van der Waals surface area (Å²) < 4.78 is 22.9. The van der Waals surface area contributed by atoms with E-state index in [1.54, 1.807) is 18.3 Å². The molecule has 2 aromatic heterocycles. The molecule has 7 heteroatoms. The molecule has 1 aliphatic heterocycles. The second-order valence-corrected chi connectivity index (χ2v) is 9.66. The van der Waals surface area contributed by atoms with E-state index in [1.807, 2.05) is 71.4 Å². The number of aromatic nitrogens is 2. The van der Waals surface area contributed by atoms with Gasteiger partial charge in [0.1, 0.15) is 17.6 Å². The summed E-state index contributed by atoms with van der Waals surface area (Å²) in [4.78, 5) is 6.72. The molecule has 4 aromatic rings. The van der Waals surface area contributed by atoms with Gasteiger partial charge < -0.3 is 19.5 Å². The van der Waals surface area contributed by atoms with Gasteiger partial charge in [0, 0.05) is 23.8 Å². The molecule has 0 radical (unpaired) electrons. The average Bonchev–Trinajstić information content (AvgIpc) is 3.66. The first kappa shape index (κ1) is 22.7. The number of nitrogens with zero attached hydrogens (tertiary/aromatic N) is 3. The first-order valence-corrected chi connectivity index (χ1v) is 12.8. The molecule has 2 atom stereocenters. The van der Waals surface area contributed by atoms with Crippen LogP contribution in [0.3, 0.4) is 0 Å². The van der Waals surface area contributed by atoms with Gasteiger partial charge >= 0.3 is 0 Å². The number of pyridine rings is 1. The first-order valence-electron chi connectivity index (χ1n) is 12.4. The van der Waals surface area contributed by atoms with Crippen LogP contribution in [0.4, 0.5) is 10.1 Å². The molecule has 0 amide bonds. The Hall–Kier alpha value is -3.71. The van der Waals surface area contributed by atoms with Crippen LogP contribution in [0.1, 0.15) is 49.2 Å². The molecule has 1 N–H and O–H groups in total. The summed E-state index contributed by atoms with van der Waals surface area (Å²) in [5.41, 5.74) is 3.22. The van der Waals surface area contributed by atoms with Crippen LogP contribution >= 0.6 is 12.2 Å². The SMILES string of the molecule is Fc1ccccc1-n1cccc1[C@@H]1[C@@H](c2ccccn2)NC(=S)N1c1ccc(OC2CCCC2)cc1. The molecule has 0 unspecified atom stereocenters. The second-order valence-electron chi connectivity index (χ2n) is 9.27. The zero-order chi connectivity index (χ0) is 24.5. The number of rotatable bonds is 6. The minimum Gasteiger partial charge on any atom is -0.490 e. The maximum Gasteiger partial charge on any atom is 0.174 e. The summed E-state index contributed by atoms with van der Waals surface area (Å²) in [5, 5.41) is 4.08. The fraction of sp³-hybridized carbons (Fsp3) is 0.241. The average molecular weight is 499 g/mol. The Bertz CT molecular complexity index is 1350. The van der Waals surface area contributed by atoms with Crippen LogP contribution < -0.4 is 15.0 Å². The molecule has 6 rings (SSSR count). The van der Waals surface area contributed by atoms with E-state index in [1.165, 1.54) is 18.9 Å². The first-order chi connectivity index (χ1) is 17.7. The number of nitrogens with one attached hydrogen (secondary N) is 1. The zero-order valence-electron chi connectivity index (χ0n) is 19.8. The van der Waals surface area contributed by atoms with E-state index in [2.05, 4.69) is 15.2 Å². The van der Waals surface area contributed by atoms with Crippen LogP contribution in [0, 0.1) is 5.82 Å². The number of ether oxygens (including phenoxy) is 1. The second kappa shape index (κ2) is 9.74. The van der Waals surface area contributed by atoms with Crippen molar-refractivity contribution in [2.24, 2.45) is 0 Å². The molecule has 2 aromatic carbocycles. The van der Waals surface area contributed by atoms with Crippen LogP contribution in [-0.4, -0.2) is 20.8 Å². The molecule has 3 heterocycles. The van der Waals surface area contributed by atoms with E-state index in [4.69, 9.17) is 17.0 Å². The van der Waals surface area contributed by atoms with Crippen LogP contribution in [0.5, 0.6) is 5.75 Å². The summed E-state index contributed by atoms with van der Waals surface area (Å²) >= 11 is 5.86. The molecule has 0 bridgehead atoms. The maximum atomic E-state index is 14.8. The summed E-state index contributed by atoms with van der Waals surface area (Å²) in [6, 6.07) is 24.3. The summed E-state index contributed by atoms with van der Waals surface area (Å²) in [7, 11) is 0. The largest absolute Gasteiger partial charge is 0.490 e. The molecular formula is C29H27FN4OS. The van der Waals surface area contributed by atoms with Crippen molar-refractivity contribution in [3.05, 3.63) is 108 Å². The lowest BCUT2D eigenvalue weighted by Crippen LogP contribution is -2.30. The van der Waals surface area contributed by atoms with Gasteiger partial charge in [-0.15, -0.1) is 0 Å². The van der Waals surface area contributed by atoms with Gasteiger partial charge in [-0.1, -0.05) is 18.2 Å². The van der Waals surface area contributed by atoms with Gasteiger partial charge in [-0.25, -0.2) is 4.39 Å². The van der Waals surface area contributed by atoms with Crippen LogP contribution in [0.15, 0.2) is 91.3 Å². The van der Waals surface area contributed by atoms with Crippen molar-refractivity contribution >= 4 is 23.0 Å². The molecule has 182 valence electrons. The van der Waals surface area contributed by atoms with E-state index in [0.717, 1.165) is 35.7 Å². The fourth-order valence-corrected chi connectivity index (χ4v) is 5.66. The number of halogens is 1. The summed E-state index contributed by atoms with van der Waals surface area (Å²) in [6.45, 7) is 0. The highest BCUT2D eigenvalue weighted by Gasteiger charge is 2.42. The number of thiocarbonyl (C=S) groups is 1. The fourth-order valence-electron chi connectivity index (χ4n) is 5.32. The van der Waals surface area contributed by atoms with Gasteiger partial charge in [0.2, 0.25) is 0 Å². The molecule has 36 heavy (non-hydrogen) atoms. The molecule has 1 aliphatic carbocycles. The minimum atomic E-state index is -0.280. The van der Waals surface area contributed by atoms with Gasteiger partial charge in [-0.05, 0) is 98.6 Å². The lowest BCUT2D eigenvalue weighted by Gasteiger charge is -2.29. The maximum absolute atomic E-state index is 14.8. The van der Waals surface area contributed by atoms with Crippen molar-refractivity contribution < 1.29 is 9.13 Å². The highest BCUT2D eigenvalue weighted by molar-refractivity contribution is 7.80. The number of para-hydroxylation sites is 1. The number of hydrogen-bond acceptors (Lipinski definition) is 3. The number of anilines is 1. The molecule has 1 saturated heterocycles. The summed E-state index contributed by atoms with van der Waals surface area (Å²) in [5.74, 6) is 0.592. The molecule has 1 saturated carbocycles. The Kier molecular flexibility index (Phi) is 6.15. The third kappa shape index (κ3) is 4.24. The predicted molar refractivity (Wildman–Crippen MR) is 143 cm³/mol. The van der Waals surface area contributed by atoms with E-state index >= 15 is 0 Å². The smallest absolute Gasteiger partial charge is 0.174 e. The Morgan fingerprint density at radius 3 is 2.44 bits per heavy atom. The lowest BCUT2D eigenvalue weighted by atomic mass is 10.0. The van der Waals surface area contributed by atoms with Crippen LogP contribution in [0.25, 0.3) is 5.69 Å². The van der Waals surface area contributed by atoms with Crippen LogP contribution in [0.2, 0.25) is 0 Å².